The molecule has 1 amide bonds. The van der Waals surface area contributed by atoms with E-state index in [-0.39, 0.29) is 6.41 Å². The van der Waals surface area contributed by atoms with Gasteiger partial charge in [0.05, 0.1) is 6.26 Å². The molecule has 0 saturated heterocycles. The molecular weight excluding hydrogens is 150 g/mol. The van der Waals surface area contributed by atoms with Gasteiger partial charge in [0.1, 0.15) is 0 Å². The largest absolute Gasteiger partial charge is 0.289 e. The van der Waals surface area contributed by atoms with Crippen LogP contribution in [0.5, 0.6) is 0 Å². The van der Waals surface area contributed by atoms with E-state index in [9.17, 15) is 8.42 Å². The van der Waals surface area contributed by atoms with Gasteiger partial charge < -0.3 is 0 Å². The Morgan fingerprint density at radius 3 is 1.67 bits per heavy atom. The fourth-order valence-electron chi connectivity index (χ4n) is 0. The smallest absolute Gasteiger partial charge is 0.261 e. The number of hydrogen-bond acceptors (Lipinski definition) is 4. The summed E-state index contributed by atoms with van der Waals surface area (Å²) in [4.78, 5) is 8.81. The maximum atomic E-state index is 9.19. The van der Waals surface area contributed by atoms with Crippen molar-refractivity contribution in [1.29, 1.82) is 0 Å². The van der Waals surface area contributed by atoms with Crippen molar-refractivity contribution in [3.05, 3.63) is 0 Å². The Hall–Kier alpha value is -0.660. The Labute approximate surface area is 52.2 Å². The third kappa shape index (κ3) is 1810. The standard InChI is InChI=1S/CH3NO2.CH4O3S/c3-1-2-4;1-5(2,3)4/h1,4H,(H,2,3);1H3,(H,2,3,4). The minimum atomic E-state index is -3.67. The summed E-state index contributed by atoms with van der Waals surface area (Å²) < 4.78 is 25.9. The fourth-order valence-corrected chi connectivity index (χ4v) is 0. The highest BCUT2D eigenvalue weighted by Gasteiger charge is 1.81. The van der Waals surface area contributed by atoms with Crippen LogP contribution in [0.1, 0.15) is 0 Å². The third-order valence-electron chi connectivity index (χ3n) is 0.0527. The lowest BCUT2D eigenvalue weighted by Crippen LogP contribution is -1.99. The molecule has 9 heavy (non-hydrogen) atoms. The monoisotopic (exact) mass is 157 g/mol. The lowest BCUT2D eigenvalue weighted by Gasteiger charge is -1.69. The zero-order valence-electron chi connectivity index (χ0n) is 4.60. The van der Waals surface area contributed by atoms with E-state index in [1.807, 2.05) is 0 Å². The van der Waals surface area contributed by atoms with Crippen LogP contribution < -0.4 is 5.48 Å². The predicted molar refractivity (Wildman–Crippen MR) is 28.5 cm³/mol. The van der Waals surface area contributed by atoms with Gasteiger partial charge in [-0.3, -0.25) is 14.6 Å². The zero-order chi connectivity index (χ0) is 7.91. The Morgan fingerprint density at radius 1 is 1.56 bits per heavy atom. The Balaban J connectivity index is 0. The quantitative estimate of drug-likeness (QED) is 0.188. The van der Waals surface area contributed by atoms with Gasteiger partial charge in [-0.05, 0) is 0 Å². The van der Waals surface area contributed by atoms with Crippen LogP contribution in [0.2, 0.25) is 0 Å². The number of carbonyl (C=O) groups excluding carboxylic acids is 1. The van der Waals surface area contributed by atoms with Crippen LogP contribution in [0.25, 0.3) is 0 Å². The maximum Gasteiger partial charge on any atom is 0.261 e. The molecule has 6 nitrogen and oxygen atoms in total. The minimum Gasteiger partial charge on any atom is -0.289 e. The van der Waals surface area contributed by atoms with Gasteiger partial charge in [0.25, 0.3) is 10.1 Å². The summed E-state index contributed by atoms with van der Waals surface area (Å²) in [6, 6.07) is 0. The van der Waals surface area contributed by atoms with Crippen LogP contribution in [0.15, 0.2) is 0 Å². The second-order valence-corrected chi connectivity index (χ2v) is 2.45. The molecule has 3 N–H and O–H groups in total. The van der Waals surface area contributed by atoms with Crippen molar-refractivity contribution >= 4 is 16.5 Å². The maximum absolute atomic E-state index is 9.19. The molecule has 0 saturated carbocycles. The molecule has 0 rings (SSSR count). The minimum absolute atomic E-state index is 0.181. The van der Waals surface area contributed by atoms with Crippen LogP contribution >= 0.6 is 0 Å². The number of nitrogens with one attached hydrogen (secondary N) is 1. The van der Waals surface area contributed by atoms with Gasteiger partial charge in [-0.25, -0.2) is 5.48 Å². The molecule has 0 radical (unpaired) electrons. The molecule has 0 fully saturated rings. The highest BCUT2D eigenvalue weighted by molar-refractivity contribution is 7.85. The molecular formula is C2H7NO5S. The van der Waals surface area contributed by atoms with E-state index < -0.39 is 10.1 Å². The first-order valence-electron chi connectivity index (χ1n) is 1.67. The molecule has 0 atom stereocenters. The van der Waals surface area contributed by atoms with Gasteiger partial charge in [-0.15, -0.1) is 0 Å². The summed E-state index contributed by atoms with van der Waals surface area (Å²) >= 11 is 0. The van der Waals surface area contributed by atoms with E-state index in [0.29, 0.717) is 6.26 Å². The summed E-state index contributed by atoms with van der Waals surface area (Å²) in [5.74, 6) is 0. The third-order valence-corrected chi connectivity index (χ3v) is 0.0527. The van der Waals surface area contributed by atoms with Gasteiger partial charge in [0, 0.05) is 0 Å². The van der Waals surface area contributed by atoms with Crippen LogP contribution in [-0.2, 0) is 14.9 Å². The van der Waals surface area contributed by atoms with Crippen molar-refractivity contribution in [3.8, 4) is 0 Å². The van der Waals surface area contributed by atoms with E-state index in [4.69, 9.17) is 14.6 Å². The van der Waals surface area contributed by atoms with Gasteiger partial charge in [0.2, 0.25) is 6.41 Å². The highest BCUT2D eigenvalue weighted by atomic mass is 32.2. The molecule has 0 aliphatic heterocycles. The fraction of sp³-hybridized carbons (Fsp3) is 0.500. The van der Waals surface area contributed by atoms with E-state index >= 15 is 0 Å². The molecule has 0 heterocycles. The molecule has 0 aromatic rings. The molecule has 0 aromatic heterocycles. The second-order valence-electron chi connectivity index (χ2n) is 0.980. The van der Waals surface area contributed by atoms with E-state index in [1.165, 1.54) is 5.48 Å². The first kappa shape index (κ1) is 11.2. The molecule has 0 bridgehead atoms. The number of carbonyl (C=O) groups is 1. The number of hydrogen-bond donors (Lipinski definition) is 3. The lowest BCUT2D eigenvalue weighted by atomic mass is 11.5. The normalized spacial score (nSPS) is 8.78. The van der Waals surface area contributed by atoms with Gasteiger partial charge in [0.15, 0.2) is 0 Å². The van der Waals surface area contributed by atoms with Crippen LogP contribution in [-0.4, -0.2) is 30.8 Å². The van der Waals surface area contributed by atoms with Crippen molar-refractivity contribution in [2.24, 2.45) is 0 Å². The van der Waals surface area contributed by atoms with Crippen molar-refractivity contribution in [1.82, 2.24) is 5.48 Å². The Kier molecular flexibility index (Phi) is 6.80. The van der Waals surface area contributed by atoms with E-state index in [1.54, 1.807) is 0 Å². The van der Waals surface area contributed by atoms with Gasteiger partial charge in [-0.2, -0.15) is 8.42 Å². The highest BCUT2D eigenvalue weighted by Crippen LogP contribution is 1.60. The number of rotatable bonds is 1. The average Bonchev–Trinajstić information content (AvgIpc) is 1.61. The van der Waals surface area contributed by atoms with Gasteiger partial charge >= 0.3 is 0 Å². The van der Waals surface area contributed by atoms with Gasteiger partial charge in [-0.1, -0.05) is 0 Å². The number of hydroxylamine groups is 1. The predicted octanol–water partition coefficient (Wildman–Crippen LogP) is -1.37. The Morgan fingerprint density at radius 2 is 1.67 bits per heavy atom. The lowest BCUT2D eigenvalue weighted by molar-refractivity contribution is -0.116. The van der Waals surface area contributed by atoms with E-state index in [2.05, 4.69) is 0 Å². The molecule has 0 unspecified atom stereocenters. The topological polar surface area (TPSA) is 104 Å². The SMILES string of the molecule is CS(=O)(=O)O.O=CNO. The van der Waals surface area contributed by atoms with Crippen LogP contribution in [0, 0.1) is 0 Å². The molecule has 0 aliphatic rings. The molecule has 7 heteroatoms. The summed E-state index contributed by atoms with van der Waals surface area (Å²) in [5.41, 5.74) is 1.25. The summed E-state index contributed by atoms with van der Waals surface area (Å²) in [5, 5.41) is 7.26. The second kappa shape index (κ2) is 5.48. The number of amides is 1. The summed E-state index contributed by atoms with van der Waals surface area (Å²) in [6.45, 7) is 0. The van der Waals surface area contributed by atoms with Crippen LogP contribution in [0.4, 0.5) is 0 Å². The van der Waals surface area contributed by atoms with E-state index in [0.717, 1.165) is 0 Å². The van der Waals surface area contributed by atoms with Crippen LogP contribution in [0.3, 0.4) is 0 Å². The molecule has 0 aliphatic carbocycles. The van der Waals surface area contributed by atoms with Crippen molar-refractivity contribution in [3.63, 3.8) is 0 Å². The van der Waals surface area contributed by atoms with Crippen molar-refractivity contribution in [2.45, 2.75) is 0 Å². The molecule has 56 valence electrons. The summed E-state index contributed by atoms with van der Waals surface area (Å²) in [6.07, 6.45) is 0.896. The Bertz CT molecular complexity index is 140. The van der Waals surface area contributed by atoms with Crippen molar-refractivity contribution < 1.29 is 23.0 Å². The van der Waals surface area contributed by atoms with Crippen molar-refractivity contribution in [2.75, 3.05) is 6.26 Å². The first-order chi connectivity index (χ1) is 3.91. The molecule has 0 spiro atoms. The summed E-state index contributed by atoms with van der Waals surface area (Å²) in [7, 11) is -3.67. The first-order valence-corrected chi connectivity index (χ1v) is 3.52. The average molecular weight is 157 g/mol. The zero-order valence-corrected chi connectivity index (χ0v) is 5.42. The molecule has 0 aromatic carbocycles.